The van der Waals surface area contributed by atoms with Gasteiger partial charge in [-0.15, -0.1) is 0 Å². The highest BCUT2D eigenvalue weighted by Gasteiger charge is 2.19. The molecule has 0 spiro atoms. The average molecular weight is 363 g/mol. The molecule has 0 unspecified atom stereocenters. The van der Waals surface area contributed by atoms with Gasteiger partial charge in [0.15, 0.2) is 0 Å². The maximum Gasteiger partial charge on any atom is 0.355 e. The lowest BCUT2D eigenvalue weighted by molar-refractivity contribution is 0.0519. The number of benzene rings is 2. The van der Waals surface area contributed by atoms with Crippen LogP contribution in [0.3, 0.4) is 0 Å². The Morgan fingerprint density at radius 1 is 1.11 bits per heavy atom. The summed E-state index contributed by atoms with van der Waals surface area (Å²) in [6.45, 7) is 2.83. The summed E-state index contributed by atoms with van der Waals surface area (Å²) in [6, 6.07) is 14.4. The van der Waals surface area contributed by atoms with Crippen molar-refractivity contribution in [2.24, 2.45) is 0 Å². The van der Waals surface area contributed by atoms with Crippen LogP contribution in [0.15, 0.2) is 42.5 Å². The SMILES string of the molecule is CCOC(=O)c1[nH]c2ccccc2c1CCCOc1cccc2c1CCC2. The van der Waals surface area contributed by atoms with Crippen molar-refractivity contribution in [3.05, 3.63) is 64.8 Å². The normalized spacial score (nSPS) is 12.9. The Morgan fingerprint density at radius 2 is 2.00 bits per heavy atom. The van der Waals surface area contributed by atoms with Crippen molar-refractivity contribution in [3.63, 3.8) is 0 Å². The first kappa shape index (κ1) is 17.7. The quantitative estimate of drug-likeness (QED) is 0.482. The summed E-state index contributed by atoms with van der Waals surface area (Å²) >= 11 is 0. The number of rotatable bonds is 7. The molecule has 1 heterocycles. The van der Waals surface area contributed by atoms with Crippen LogP contribution in [0.1, 0.15) is 46.9 Å². The molecule has 1 aliphatic carbocycles. The third kappa shape index (κ3) is 3.57. The van der Waals surface area contributed by atoms with Crippen LogP contribution in [0.25, 0.3) is 10.9 Å². The molecule has 0 atom stereocenters. The molecular weight excluding hydrogens is 338 g/mol. The summed E-state index contributed by atoms with van der Waals surface area (Å²) < 4.78 is 11.3. The van der Waals surface area contributed by atoms with Crippen LogP contribution in [0.4, 0.5) is 0 Å². The van der Waals surface area contributed by atoms with E-state index < -0.39 is 0 Å². The number of esters is 1. The van der Waals surface area contributed by atoms with Crippen LogP contribution in [0.5, 0.6) is 5.75 Å². The number of aromatic nitrogens is 1. The molecule has 0 radical (unpaired) electrons. The van der Waals surface area contributed by atoms with Crippen molar-refractivity contribution in [3.8, 4) is 5.75 Å². The fourth-order valence-electron chi connectivity index (χ4n) is 3.99. The van der Waals surface area contributed by atoms with E-state index in [2.05, 4.69) is 29.2 Å². The molecule has 4 rings (SSSR count). The van der Waals surface area contributed by atoms with E-state index in [-0.39, 0.29) is 5.97 Å². The van der Waals surface area contributed by atoms with Crippen LogP contribution in [-0.2, 0) is 24.0 Å². The summed E-state index contributed by atoms with van der Waals surface area (Å²) in [5.74, 6) is 0.736. The molecule has 0 saturated heterocycles. The summed E-state index contributed by atoms with van der Waals surface area (Å²) in [6.07, 6.45) is 5.10. The first-order chi connectivity index (χ1) is 13.3. The Balaban J connectivity index is 1.46. The summed E-state index contributed by atoms with van der Waals surface area (Å²) in [5, 5.41) is 1.08. The Labute approximate surface area is 159 Å². The van der Waals surface area contributed by atoms with Gasteiger partial charge in [-0.3, -0.25) is 0 Å². The van der Waals surface area contributed by atoms with Gasteiger partial charge in [0.1, 0.15) is 11.4 Å². The van der Waals surface area contributed by atoms with Gasteiger partial charge in [0.25, 0.3) is 0 Å². The standard InChI is InChI=1S/C23H25NO3/c1-2-26-23(25)22-19(18-10-3-4-13-20(18)24-22)12-7-15-27-21-14-6-9-16-8-5-11-17(16)21/h3-4,6,9-10,13-14,24H,2,5,7-8,11-12,15H2,1H3. The predicted octanol–water partition coefficient (Wildman–Crippen LogP) is 4.84. The molecular formula is C23H25NO3. The number of hydrogen-bond acceptors (Lipinski definition) is 3. The topological polar surface area (TPSA) is 51.3 Å². The van der Waals surface area contributed by atoms with Crippen molar-refractivity contribution in [2.45, 2.75) is 39.0 Å². The van der Waals surface area contributed by atoms with E-state index in [1.54, 1.807) is 0 Å². The van der Waals surface area contributed by atoms with Gasteiger partial charge in [-0.2, -0.15) is 0 Å². The Morgan fingerprint density at radius 3 is 2.89 bits per heavy atom. The molecule has 2 aromatic carbocycles. The number of H-pyrrole nitrogens is 1. The first-order valence-corrected chi connectivity index (χ1v) is 9.78. The number of carbonyl (C=O) groups excluding carboxylic acids is 1. The number of para-hydroxylation sites is 1. The molecule has 4 heteroatoms. The Bertz CT molecular complexity index is 957. The fourth-order valence-corrected chi connectivity index (χ4v) is 3.99. The van der Waals surface area contributed by atoms with E-state index in [4.69, 9.17) is 9.47 Å². The van der Waals surface area contributed by atoms with E-state index in [0.717, 1.165) is 47.9 Å². The van der Waals surface area contributed by atoms with Crippen LogP contribution < -0.4 is 4.74 Å². The van der Waals surface area contributed by atoms with E-state index in [0.29, 0.717) is 18.9 Å². The molecule has 140 valence electrons. The zero-order valence-electron chi connectivity index (χ0n) is 15.7. The minimum absolute atomic E-state index is 0.287. The summed E-state index contributed by atoms with van der Waals surface area (Å²) in [7, 11) is 0. The first-order valence-electron chi connectivity index (χ1n) is 9.78. The van der Waals surface area contributed by atoms with Crippen molar-refractivity contribution in [2.75, 3.05) is 13.2 Å². The van der Waals surface area contributed by atoms with Crippen molar-refractivity contribution in [1.82, 2.24) is 4.98 Å². The molecule has 0 amide bonds. The van der Waals surface area contributed by atoms with E-state index in [1.165, 1.54) is 17.5 Å². The van der Waals surface area contributed by atoms with Crippen LogP contribution in [-0.4, -0.2) is 24.2 Å². The number of fused-ring (bicyclic) bond motifs is 2. The molecule has 0 fully saturated rings. The zero-order chi connectivity index (χ0) is 18.6. The molecule has 0 saturated carbocycles. The second-order valence-electron chi connectivity index (χ2n) is 6.94. The van der Waals surface area contributed by atoms with Gasteiger partial charge in [0.05, 0.1) is 13.2 Å². The van der Waals surface area contributed by atoms with Crippen molar-refractivity contribution < 1.29 is 14.3 Å². The Kier molecular flexibility index (Phi) is 5.14. The molecule has 3 aromatic rings. The number of aryl methyl sites for hydroxylation is 2. The predicted molar refractivity (Wildman–Crippen MR) is 107 cm³/mol. The third-order valence-electron chi connectivity index (χ3n) is 5.22. The second-order valence-corrected chi connectivity index (χ2v) is 6.94. The summed E-state index contributed by atoms with van der Waals surface area (Å²) in [5.41, 5.74) is 5.35. The molecule has 27 heavy (non-hydrogen) atoms. The number of aromatic amines is 1. The summed E-state index contributed by atoms with van der Waals surface area (Å²) in [4.78, 5) is 15.6. The van der Waals surface area contributed by atoms with Crippen LogP contribution >= 0.6 is 0 Å². The maximum atomic E-state index is 12.3. The molecule has 0 bridgehead atoms. The number of ether oxygens (including phenoxy) is 2. The van der Waals surface area contributed by atoms with Crippen molar-refractivity contribution in [1.29, 1.82) is 0 Å². The van der Waals surface area contributed by atoms with Crippen LogP contribution in [0, 0.1) is 0 Å². The van der Waals surface area contributed by atoms with E-state index in [1.807, 2.05) is 25.1 Å². The Hall–Kier alpha value is -2.75. The van der Waals surface area contributed by atoms with Gasteiger partial charge in [-0.05, 0) is 67.9 Å². The van der Waals surface area contributed by atoms with Gasteiger partial charge in [-0.25, -0.2) is 4.79 Å². The molecule has 0 aliphatic heterocycles. The monoisotopic (exact) mass is 363 g/mol. The van der Waals surface area contributed by atoms with Gasteiger partial charge >= 0.3 is 5.97 Å². The number of nitrogens with one attached hydrogen (secondary N) is 1. The van der Waals surface area contributed by atoms with Gasteiger partial charge in [0, 0.05) is 10.9 Å². The second kappa shape index (κ2) is 7.87. The number of carbonyl (C=O) groups is 1. The van der Waals surface area contributed by atoms with Gasteiger partial charge in [0.2, 0.25) is 0 Å². The zero-order valence-corrected chi connectivity index (χ0v) is 15.7. The highest BCUT2D eigenvalue weighted by Crippen LogP contribution is 2.31. The largest absolute Gasteiger partial charge is 0.493 e. The average Bonchev–Trinajstić information content (AvgIpc) is 3.30. The van der Waals surface area contributed by atoms with Gasteiger partial charge in [-0.1, -0.05) is 30.3 Å². The smallest absolute Gasteiger partial charge is 0.355 e. The third-order valence-corrected chi connectivity index (χ3v) is 5.22. The van der Waals surface area contributed by atoms with E-state index in [9.17, 15) is 4.79 Å². The lowest BCUT2D eigenvalue weighted by atomic mass is 10.1. The molecule has 1 aliphatic rings. The minimum atomic E-state index is -0.287. The van der Waals surface area contributed by atoms with Crippen molar-refractivity contribution >= 4 is 16.9 Å². The molecule has 4 nitrogen and oxygen atoms in total. The molecule has 1 N–H and O–H groups in total. The lowest BCUT2D eigenvalue weighted by Crippen LogP contribution is -2.09. The van der Waals surface area contributed by atoms with Gasteiger partial charge < -0.3 is 14.5 Å². The minimum Gasteiger partial charge on any atom is -0.493 e. The highest BCUT2D eigenvalue weighted by atomic mass is 16.5. The number of hydrogen-bond donors (Lipinski definition) is 1. The lowest BCUT2D eigenvalue weighted by Gasteiger charge is -2.11. The fraction of sp³-hybridized carbons (Fsp3) is 0.348. The highest BCUT2D eigenvalue weighted by molar-refractivity contribution is 5.98. The molecule has 1 aromatic heterocycles. The van der Waals surface area contributed by atoms with E-state index >= 15 is 0 Å². The van der Waals surface area contributed by atoms with Crippen LogP contribution in [0.2, 0.25) is 0 Å². The maximum absolute atomic E-state index is 12.3.